The second-order valence-corrected chi connectivity index (χ2v) is 5.63. The van der Waals surface area contributed by atoms with Gasteiger partial charge in [-0.25, -0.2) is 0 Å². The molecule has 2 N–H and O–H groups in total. The van der Waals surface area contributed by atoms with Crippen LogP contribution in [0.3, 0.4) is 0 Å². The standard InChI is InChI=1S/C20H19BO3.2H2/c22-21(23)19-12-10-16(11-13-19)14-24-15-18-8-4-5-9-20(18)17-6-2-1-3-7-17;;/h1-13,22-23H,14-15H2;2*1H. The SMILES string of the molecule is OB(O)c1ccc(COCc2ccccc2-c2ccccc2)cc1.[HH].[HH]. The Hall–Kier alpha value is -2.40. The van der Waals surface area contributed by atoms with Gasteiger partial charge in [0.15, 0.2) is 0 Å². The van der Waals surface area contributed by atoms with Crippen LogP contribution in [0.2, 0.25) is 0 Å². The molecule has 124 valence electrons. The van der Waals surface area contributed by atoms with Crippen molar-refractivity contribution in [2.24, 2.45) is 0 Å². The van der Waals surface area contributed by atoms with Gasteiger partial charge < -0.3 is 14.8 Å². The van der Waals surface area contributed by atoms with E-state index in [2.05, 4.69) is 24.3 Å². The van der Waals surface area contributed by atoms with Crippen molar-refractivity contribution >= 4 is 12.6 Å². The topological polar surface area (TPSA) is 49.7 Å². The van der Waals surface area contributed by atoms with E-state index in [4.69, 9.17) is 14.8 Å². The highest BCUT2D eigenvalue weighted by molar-refractivity contribution is 6.58. The molecule has 0 aromatic heterocycles. The van der Waals surface area contributed by atoms with Crippen LogP contribution in [0.1, 0.15) is 14.0 Å². The van der Waals surface area contributed by atoms with E-state index in [9.17, 15) is 0 Å². The Kier molecular flexibility index (Phi) is 5.44. The molecule has 0 heterocycles. The monoisotopic (exact) mass is 322 g/mol. The molecular weight excluding hydrogens is 299 g/mol. The molecule has 0 radical (unpaired) electrons. The Morgan fingerprint density at radius 3 is 2.12 bits per heavy atom. The van der Waals surface area contributed by atoms with Crippen LogP contribution in [0.5, 0.6) is 0 Å². The maximum Gasteiger partial charge on any atom is 0.488 e. The van der Waals surface area contributed by atoms with Gasteiger partial charge in [0.1, 0.15) is 0 Å². The number of hydrogen-bond acceptors (Lipinski definition) is 3. The van der Waals surface area contributed by atoms with E-state index < -0.39 is 7.12 Å². The minimum absolute atomic E-state index is 0. The number of ether oxygens (including phenoxy) is 1. The average molecular weight is 322 g/mol. The highest BCUT2D eigenvalue weighted by Crippen LogP contribution is 2.24. The van der Waals surface area contributed by atoms with Crippen LogP contribution in [0, 0.1) is 0 Å². The van der Waals surface area contributed by atoms with Crippen molar-refractivity contribution in [3.05, 3.63) is 90.0 Å². The van der Waals surface area contributed by atoms with E-state index in [1.165, 1.54) is 11.1 Å². The quantitative estimate of drug-likeness (QED) is 0.685. The zero-order chi connectivity index (χ0) is 16.8. The number of benzene rings is 3. The number of hydrogen-bond donors (Lipinski definition) is 2. The lowest BCUT2D eigenvalue weighted by Gasteiger charge is -2.11. The zero-order valence-electron chi connectivity index (χ0n) is 13.3. The van der Waals surface area contributed by atoms with Gasteiger partial charge in [0, 0.05) is 2.85 Å². The van der Waals surface area contributed by atoms with Crippen LogP contribution in [-0.2, 0) is 18.0 Å². The molecule has 0 saturated carbocycles. The van der Waals surface area contributed by atoms with Gasteiger partial charge in [-0.1, -0.05) is 78.9 Å². The molecule has 0 saturated heterocycles. The van der Waals surface area contributed by atoms with Gasteiger partial charge in [-0.3, -0.25) is 0 Å². The molecule has 0 aliphatic rings. The van der Waals surface area contributed by atoms with Gasteiger partial charge >= 0.3 is 7.12 Å². The van der Waals surface area contributed by atoms with Gasteiger partial charge in [0.05, 0.1) is 13.2 Å². The van der Waals surface area contributed by atoms with Crippen molar-refractivity contribution in [2.75, 3.05) is 0 Å². The van der Waals surface area contributed by atoms with Gasteiger partial charge in [0.25, 0.3) is 0 Å². The third-order valence-corrected chi connectivity index (χ3v) is 3.91. The highest BCUT2D eigenvalue weighted by atomic mass is 16.5. The molecule has 0 fully saturated rings. The average Bonchev–Trinajstić information content (AvgIpc) is 2.63. The summed E-state index contributed by atoms with van der Waals surface area (Å²) in [5.41, 5.74) is 4.98. The van der Waals surface area contributed by atoms with Crippen molar-refractivity contribution < 1.29 is 17.6 Å². The largest absolute Gasteiger partial charge is 0.488 e. The second-order valence-electron chi connectivity index (χ2n) is 5.63. The molecule has 0 unspecified atom stereocenters. The van der Waals surface area contributed by atoms with Crippen LogP contribution >= 0.6 is 0 Å². The summed E-state index contributed by atoms with van der Waals surface area (Å²) in [6.45, 7) is 1.00. The molecule has 0 amide bonds. The lowest BCUT2D eigenvalue weighted by atomic mass is 9.80. The Morgan fingerprint density at radius 1 is 0.750 bits per heavy atom. The van der Waals surface area contributed by atoms with Crippen LogP contribution in [0.25, 0.3) is 11.1 Å². The predicted octanol–water partition coefficient (Wildman–Crippen LogP) is 3.24. The summed E-state index contributed by atoms with van der Waals surface area (Å²) >= 11 is 0. The first-order chi connectivity index (χ1) is 11.7. The Bertz CT molecular complexity index is 781. The summed E-state index contributed by atoms with van der Waals surface area (Å²) in [6.07, 6.45) is 0. The van der Waals surface area contributed by atoms with Crippen molar-refractivity contribution in [3.8, 4) is 11.1 Å². The van der Waals surface area contributed by atoms with E-state index in [0.717, 1.165) is 11.1 Å². The molecule has 3 aromatic rings. The van der Waals surface area contributed by atoms with Gasteiger partial charge in [-0.15, -0.1) is 0 Å². The normalized spacial score (nSPS) is 10.6. The van der Waals surface area contributed by atoms with E-state index in [1.807, 2.05) is 42.5 Å². The molecule has 0 aliphatic carbocycles. The molecule has 0 bridgehead atoms. The van der Waals surface area contributed by atoms with Crippen molar-refractivity contribution in [1.29, 1.82) is 0 Å². The molecule has 0 atom stereocenters. The summed E-state index contributed by atoms with van der Waals surface area (Å²) in [5, 5.41) is 18.2. The fraction of sp³-hybridized carbons (Fsp3) is 0.100. The fourth-order valence-corrected chi connectivity index (χ4v) is 2.61. The maximum absolute atomic E-state index is 9.10. The Morgan fingerprint density at radius 2 is 1.42 bits per heavy atom. The number of rotatable bonds is 6. The molecule has 24 heavy (non-hydrogen) atoms. The van der Waals surface area contributed by atoms with Crippen LogP contribution in [-0.4, -0.2) is 17.2 Å². The van der Waals surface area contributed by atoms with E-state index in [0.29, 0.717) is 18.7 Å². The minimum atomic E-state index is -1.43. The molecule has 3 nitrogen and oxygen atoms in total. The molecule has 0 aliphatic heterocycles. The molecular formula is C20H23BO3. The second kappa shape index (κ2) is 7.93. The summed E-state index contributed by atoms with van der Waals surface area (Å²) in [4.78, 5) is 0. The first-order valence-corrected chi connectivity index (χ1v) is 7.90. The van der Waals surface area contributed by atoms with Crippen LogP contribution in [0.4, 0.5) is 0 Å². The van der Waals surface area contributed by atoms with Crippen LogP contribution < -0.4 is 5.46 Å². The molecule has 3 rings (SSSR count). The van der Waals surface area contributed by atoms with Crippen LogP contribution in [0.15, 0.2) is 78.9 Å². The summed E-state index contributed by atoms with van der Waals surface area (Å²) in [7, 11) is -1.43. The van der Waals surface area contributed by atoms with E-state index >= 15 is 0 Å². The lowest BCUT2D eigenvalue weighted by molar-refractivity contribution is 0.107. The highest BCUT2D eigenvalue weighted by Gasteiger charge is 2.10. The van der Waals surface area contributed by atoms with Gasteiger partial charge in [-0.2, -0.15) is 0 Å². The predicted molar refractivity (Wildman–Crippen MR) is 101 cm³/mol. The first kappa shape index (κ1) is 16.5. The Balaban J connectivity index is 0.00000169. The third kappa shape index (κ3) is 4.12. The fourth-order valence-electron chi connectivity index (χ4n) is 2.61. The maximum atomic E-state index is 9.10. The third-order valence-electron chi connectivity index (χ3n) is 3.91. The summed E-state index contributed by atoms with van der Waals surface area (Å²) in [6, 6.07) is 25.6. The summed E-state index contributed by atoms with van der Waals surface area (Å²) < 4.78 is 5.84. The van der Waals surface area contributed by atoms with Crippen molar-refractivity contribution in [3.63, 3.8) is 0 Å². The van der Waals surface area contributed by atoms with Crippen molar-refractivity contribution in [2.45, 2.75) is 13.2 Å². The van der Waals surface area contributed by atoms with E-state index in [-0.39, 0.29) is 2.85 Å². The van der Waals surface area contributed by atoms with Crippen molar-refractivity contribution in [1.82, 2.24) is 0 Å². The minimum Gasteiger partial charge on any atom is -0.423 e. The summed E-state index contributed by atoms with van der Waals surface area (Å²) in [5.74, 6) is 0. The first-order valence-electron chi connectivity index (χ1n) is 7.90. The molecule has 3 aromatic carbocycles. The zero-order valence-corrected chi connectivity index (χ0v) is 13.3. The van der Waals surface area contributed by atoms with E-state index in [1.54, 1.807) is 12.1 Å². The Labute approximate surface area is 145 Å². The molecule has 4 heteroatoms. The van der Waals surface area contributed by atoms with Gasteiger partial charge in [-0.05, 0) is 27.7 Å². The smallest absolute Gasteiger partial charge is 0.423 e. The molecule has 0 spiro atoms. The van der Waals surface area contributed by atoms with Gasteiger partial charge in [0.2, 0.25) is 0 Å². The lowest BCUT2D eigenvalue weighted by Crippen LogP contribution is -2.29.